The SMILES string of the molecule is Cc1ccccc1[C@@H]1C=CCO1. The van der Waals surface area contributed by atoms with Gasteiger partial charge in [-0.05, 0) is 18.1 Å². The normalized spacial score (nSPS) is 21.6. The Balaban J connectivity index is 2.33. The van der Waals surface area contributed by atoms with Gasteiger partial charge in [-0.3, -0.25) is 0 Å². The lowest BCUT2D eigenvalue weighted by molar-refractivity contribution is 0.129. The molecule has 0 aliphatic carbocycles. The summed E-state index contributed by atoms with van der Waals surface area (Å²) in [5, 5.41) is 0. The Labute approximate surface area is 72.7 Å². The third-order valence-electron chi connectivity index (χ3n) is 2.18. The second-order valence-corrected chi connectivity index (χ2v) is 3.04. The van der Waals surface area contributed by atoms with Crippen molar-refractivity contribution in [2.45, 2.75) is 13.0 Å². The van der Waals surface area contributed by atoms with Crippen molar-refractivity contribution in [1.29, 1.82) is 0 Å². The lowest BCUT2D eigenvalue weighted by atomic mass is 10.0. The average molecular weight is 160 g/mol. The molecule has 0 bridgehead atoms. The highest BCUT2D eigenvalue weighted by Crippen LogP contribution is 2.25. The minimum Gasteiger partial charge on any atom is -0.365 e. The Bertz CT molecular complexity index is 302. The topological polar surface area (TPSA) is 9.23 Å². The third kappa shape index (κ3) is 1.28. The van der Waals surface area contributed by atoms with Gasteiger partial charge in [-0.25, -0.2) is 0 Å². The minimum absolute atomic E-state index is 0.186. The van der Waals surface area contributed by atoms with E-state index in [0.29, 0.717) is 0 Å². The van der Waals surface area contributed by atoms with Crippen LogP contribution in [0.2, 0.25) is 0 Å². The molecular weight excluding hydrogens is 148 g/mol. The summed E-state index contributed by atoms with van der Waals surface area (Å²) in [7, 11) is 0. The van der Waals surface area contributed by atoms with Crippen molar-refractivity contribution in [2.24, 2.45) is 0 Å². The molecule has 0 amide bonds. The number of benzene rings is 1. The Morgan fingerprint density at radius 3 is 2.83 bits per heavy atom. The van der Waals surface area contributed by atoms with Gasteiger partial charge in [-0.1, -0.05) is 36.4 Å². The summed E-state index contributed by atoms with van der Waals surface area (Å²) in [6, 6.07) is 8.34. The van der Waals surface area contributed by atoms with E-state index in [1.165, 1.54) is 11.1 Å². The standard InChI is InChI=1S/C11H12O/c1-9-5-2-3-6-10(9)11-7-4-8-12-11/h2-7,11H,8H2,1H3/t11-/m0/s1. The van der Waals surface area contributed by atoms with Crippen molar-refractivity contribution < 1.29 is 4.74 Å². The van der Waals surface area contributed by atoms with Crippen LogP contribution in [0.5, 0.6) is 0 Å². The van der Waals surface area contributed by atoms with Crippen LogP contribution in [-0.2, 0) is 4.74 Å². The first kappa shape index (κ1) is 7.56. The third-order valence-corrected chi connectivity index (χ3v) is 2.18. The maximum atomic E-state index is 5.51. The van der Waals surface area contributed by atoms with E-state index < -0.39 is 0 Å². The fraction of sp³-hybridized carbons (Fsp3) is 0.273. The van der Waals surface area contributed by atoms with Gasteiger partial charge in [-0.15, -0.1) is 0 Å². The molecule has 1 aliphatic rings. The molecule has 0 saturated carbocycles. The molecule has 0 aromatic heterocycles. The Kier molecular flexibility index (Phi) is 1.96. The van der Waals surface area contributed by atoms with Gasteiger partial charge in [0.05, 0.1) is 6.61 Å². The molecule has 0 spiro atoms. The van der Waals surface area contributed by atoms with E-state index in [2.05, 4.69) is 43.3 Å². The lowest BCUT2D eigenvalue weighted by Gasteiger charge is -2.10. The molecule has 0 unspecified atom stereocenters. The van der Waals surface area contributed by atoms with Crippen LogP contribution >= 0.6 is 0 Å². The molecule has 2 rings (SSSR count). The minimum atomic E-state index is 0.186. The highest BCUT2D eigenvalue weighted by molar-refractivity contribution is 5.31. The molecule has 0 N–H and O–H groups in total. The fourth-order valence-electron chi connectivity index (χ4n) is 1.49. The van der Waals surface area contributed by atoms with Gasteiger partial charge in [-0.2, -0.15) is 0 Å². The molecule has 1 atom stereocenters. The van der Waals surface area contributed by atoms with Crippen LogP contribution in [0.4, 0.5) is 0 Å². The van der Waals surface area contributed by atoms with Crippen LogP contribution in [0.15, 0.2) is 36.4 Å². The summed E-state index contributed by atoms with van der Waals surface area (Å²) in [5.41, 5.74) is 2.58. The molecule has 62 valence electrons. The van der Waals surface area contributed by atoms with Gasteiger partial charge in [0.2, 0.25) is 0 Å². The van der Waals surface area contributed by atoms with Gasteiger partial charge >= 0.3 is 0 Å². The molecule has 1 nitrogen and oxygen atoms in total. The van der Waals surface area contributed by atoms with Gasteiger partial charge in [0.1, 0.15) is 6.10 Å². The van der Waals surface area contributed by atoms with E-state index in [0.717, 1.165) is 6.61 Å². The number of aryl methyl sites for hydroxylation is 1. The summed E-state index contributed by atoms with van der Waals surface area (Å²) in [6.07, 6.45) is 4.37. The predicted molar refractivity (Wildman–Crippen MR) is 49.0 cm³/mol. The van der Waals surface area contributed by atoms with Crippen molar-refractivity contribution in [3.63, 3.8) is 0 Å². The highest BCUT2D eigenvalue weighted by atomic mass is 16.5. The molecule has 1 aromatic rings. The lowest BCUT2D eigenvalue weighted by Crippen LogP contribution is -1.97. The van der Waals surface area contributed by atoms with E-state index in [1.54, 1.807) is 0 Å². The zero-order valence-corrected chi connectivity index (χ0v) is 7.16. The van der Waals surface area contributed by atoms with E-state index in [9.17, 15) is 0 Å². The largest absolute Gasteiger partial charge is 0.365 e. The predicted octanol–water partition coefficient (Wildman–Crippen LogP) is 2.62. The first-order valence-corrected chi connectivity index (χ1v) is 4.22. The van der Waals surface area contributed by atoms with Crippen molar-refractivity contribution in [1.82, 2.24) is 0 Å². The molecule has 0 radical (unpaired) electrons. The van der Waals surface area contributed by atoms with E-state index >= 15 is 0 Å². The van der Waals surface area contributed by atoms with Crippen LogP contribution in [0.1, 0.15) is 17.2 Å². The van der Waals surface area contributed by atoms with Gasteiger partial charge in [0.25, 0.3) is 0 Å². The van der Waals surface area contributed by atoms with Gasteiger partial charge in [0, 0.05) is 0 Å². The Morgan fingerprint density at radius 1 is 1.33 bits per heavy atom. The van der Waals surface area contributed by atoms with Crippen LogP contribution in [0, 0.1) is 6.92 Å². The maximum Gasteiger partial charge on any atom is 0.101 e. The number of ether oxygens (including phenoxy) is 1. The molecule has 1 aromatic carbocycles. The smallest absolute Gasteiger partial charge is 0.101 e. The van der Waals surface area contributed by atoms with E-state index in [1.807, 2.05) is 0 Å². The van der Waals surface area contributed by atoms with Crippen LogP contribution < -0.4 is 0 Å². The van der Waals surface area contributed by atoms with Gasteiger partial charge in [0.15, 0.2) is 0 Å². The van der Waals surface area contributed by atoms with Crippen LogP contribution in [-0.4, -0.2) is 6.61 Å². The molecule has 1 aliphatic heterocycles. The van der Waals surface area contributed by atoms with Crippen LogP contribution in [0.3, 0.4) is 0 Å². The Hall–Kier alpha value is -1.08. The second-order valence-electron chi connectivity index (χ2n) is 3.04. The van der Waals surface area contributed by atoms with Crippen molar-refractivity contribution >= 4 is 0 Å². The second kappa shape index (κ2) is 3.11. The van der Waals surface area contributed by atoms with Crippen molar-refractivity contribution in [3.8, 4) is 0 Å². The zero-order valence-electron chi connectivity index (χ0n) is 7.16. The summed E-state index contributed by atoms with van der Waals surface area (Å²) >= 11 is 0. The quantitative estimate of drug-likeness (QED) is 0.574. The Morgan fingerprint density at radius 2 is 2.17 bits per heavy atom. The molecule has 12 heavy (non-hydrogen) atoms. The molecule has 0 saturated heterocycles. The summed E-state index contributed by atoms with van der Waals surface area (Å²) in [4.78, 5) is 0. The van der Waals surface area contributed by atoms with Gasteiger partial charge < -0.3 is 4.74 Å². The number of rotatable bonds is 1. The molecular formula is C11H12O. The zero-order chi connectivity index (χ0) is 8.39. The summed E-state index contributed by atoms with van der Waals surface area (Å²) in [6.45, 7) is 2.86. The number of hydrogen-bond acceptors (Lipinski definition) is 1. The highest BCUT2D eigenvalue weighted by Gasteiger charge is 2.12. The summed E-state index contributed by atoms with van der Waals surface area (Å²) in [5.74, 6) is 0. The van der Waals surface area contributed by atoms with Crippen molar-refractivity contribution in [3.05, 3.63) is 47.5 Å². The molecule has 0 fully saturated rings. The monoisotopic (exact) mass is 160 g/mol. The summed E-state index contributed by atoms with van der Waals surface area (Å²) < 4.78 is 5.51. The molecule has 1 heterocycles. The van der Waals surface area contributed by atoms with E-state index in [4.69, 9.17) is 4.74 Å². The van der Waals surface area contributed by atoms with Crippen LogP contribution in [0.25, 0.3) is 0 Å². The van der Waals surface area contributed by atoms with E-state index in [-0.39, 0.29) is 6.10 Å². The average Bonchev–Trinajstić information content (AvgIpc) is 2.57. The molecule has 1 heteroatoms. The van der Waals surface area contributed by atoms with Crippen molar-refractivity contribution in [2.75, 3.05) is 6.61 Å². The fourth-order valence-corrected chi connectivity index (χ4v) is 1.49. The first-order valence-electron chi connectivity index (χ1n) is 4.22. The first-order chi connectivity index (χ1) is 5.88. The number of hydrogen-bond donors (Lipinski definition) is 0. The maximum absolute atomic E-state index is 5.51.